The number of carbonyl (C=O) groups excluding carboxylic acids is 1. The van der Waals surface area contributed by atoms with Crippen molar-refractivity contribution in [2.75, 3.05) is 47.8 Å². The lowest BCUT2D eigenvalue weighted by Gasteiger charge is -2.30. The normalized spacial score (nSPS) is 16.5. The fourth-order valence-electron chi connectivity index (χ4n) is 4.30. The minimum absolute atomic E-state index is 0.125. The molecule has 2 amide bonds. The Kier molecular flexibility index (Phi) is 4.16. The number of aryl methyl sites for hydroxylation is 1. The Morgan fingerprint density at radius 1 is 1.14 bits per heavy atom. The summed E-state index contributed by atoms with van der Waals surface area (Å²) in [4.78, 5) is 21.8. The second kappa shape index (κ2) is 6.83. The first-order chi connectivity index (χ1) is 13.7. The van der Waals surface area contributed by atoms with Crippen molar-refractivity contribution in [2.24, 2.45) is 7.05 Å². The number of hydrogen-bond acceptors (Lipinski definition) is 4. The van der Waals surface area contributed by atoms with Gasteiger partial charge in [-0.25, -0.2) is 9.78 Å². The van der Waals surface area contributed by atoms with Gasteiger partial charge < -0.3 is 20.1 Å². The van der Waals surface area contributed by atoms with Gasteiger partial charge in [0, 0.05) is 74.3 Å². The molecule has 0 saturated carbocycles. The number of piperazine rings is 1. The molecule has 2 N–H and O–H groups in total. The van der Waals surface area contributed by atoms with Gasteiger partial charge in [0.25, 0.3) is 0 Å². The van der Waals surface area contributed by atoms with Crippen LogP contribution in [0.15, 0.2) is 42.7 Å². The summed E-state index contributed by atoms with van der Waals surface area (Å²) in [6.07, 6.45) is 4.62. The second-order valence-electron chi connectivity index (χ2n) is 7.37. The van der Waals surface area contributed by atoms with Crippen molar-refractivity contribution < 1.29 is 4.79 Å². The maximum Gasteiger partial charge on any atom is 0.327 e. The number of pyridine rings is 1. The van der Waals surface area contributed by atoms with Crippen molar-refractivity contribution in [3.63, 3.8) is 0 Å². The van der Waals surface area contributed by atoms with Crippen LogP contribution in [0.3, 0.4) is 0 Å². The molecule has 0 atom stereocenters. The van der Waals surface area contributed by atoms with Gasteiger partial charge in [0.2, 0.25) is 0 Å². The number of carbonyl (C=O) groups is 1. The lowest BCUT2D eigenvalue weighted by Crippen LogP contribution is -2.43. The standard InChI is InChI=1S/C21H24N6O/c1-25-14-17(15-4-2-3-5-18(15)25)24-21(28)27-11-7-16-19(6-8-23-20(16)27)26-12-9-22-10-13-26/h2-6,8,14,22H,7,9-13H2,1H3,(H,24,28). The summed E-state index contributed by atoms with van der Waals surface area (Å²) in [5.74, 6) is 0.786. The molecular formula is C21H24N6O. The van der Waals surface area contributed by atoms with Crippen molar-refractivity contribution in [3.05, 3.63) is 48.3 Å². The topological polar surface area (TPSA) is 65.4 Å². The van der Waals surface area contributed by atoms with Gasteiger partial charge in [-0.2, -0.15) is 0 Å². The molecule has 0 radical (unpaired) electrons. The van der Waals surface area contributed by atoms with Gasteiger partial charge in [0.15, 0.2) is 0 Å². The highest BCUT2D eigenvalue weighted by atomic mass is 16.2. The Labute approximate surface area is 163 Å². The molecule has 4 heterocycles. The summed E-state index contributed by atoms with van der Waals surface area (Å²) in [5.41, 5.74) is 4.32. The predicted molar refractivity (Wildman–Crippen MR) is 112 cm³/mol. The van der Waals surface area contributed by atoms with Crippen LogP contribution in [-0.2, 0) is 13.5 Å². The maximum absolute atomic E-state index is 13.1. The highest BCUT2D eigenvalue weighted by Crippen LogP contribution is 2.34. The van der Waals surface area contributed by atoms with Crippen LogP contribution in [0.4, 0.5) is 22.0 Å². The van der Waals surface area contributed by atoms with E-state index in [1.165, 1.54) is 11.3 Å². The summed E-state index contributed by atoms with van der Waals surface area (Å²) in [6, 6.07) is 10.0. The number of benzene rings is 1. The number of fused-ring (bicyclic) bond motifs is 2. The zero-order chi connectivity index (χ0) is 19.1. The van der Waals surface area contributed by atoms with Crippen molar-refractivity contribution in [1.82, 2.24) is 14.9 Å². The number of urea groups is 1. The lowest BCUT2D eigenvalue weighted by atomic mass is 10.1. The second-order valence-corrected chi connectivity index (χ2v) is 7.37. The van der Waals surface area contributed by atoms with Gasteiger partial charge in [-0.15, -0.1) is 0 Å². The van der Waals surface area contributed by atoms with E-state index < -0.39 is 0 Å². The third-order valence-electron chi connectivity index (χ3n) is 5.69. The number of anilines is 3. The fourth-order valence-corrected chi connectivity index (χ4v) is 4.30. The van der Waals surface area contributed by atoms with Crippen molar-refractivity contribution in [2.45, 2.75) is 6.42 Å². The Morgan fingerprint density at radius 2 is 1.96 bits per heavy atom. The van der Waals surface area contributed by atoms with E-state index in [1.54, 1.807) is 4.90 Å². The Morgan fingerprint density at radius 3 is 2.82 bits per heavy atom. The number of nitrogens with zero attached hydrogens (tertiary/aromatic N) is 4. The van der Waals surface area contributed by atoms with Crippen LogP contribution in [0.1, 0.15) is 5.56 Å². The zero-order valence-electron chi connectivity index (χ0n) is 16.0. The summed E-state index contributed by atoms with van der Waals surface area (Å²) >= 11 is 0. The minimum atomic E-state index is -0.125. The fraction of sp³-hybridized carbons (Fsp3) is 0.333. The average molecular weight is 376 g/mol. The van der Waals surface area contributed by atoms with E-state index >= 15 is 0 Å². The van der Waals surface area contributed by atoms with Crippen molar-refractivity contribution in [3.8, 4) is 0 Å². The van der Waals surface area contributed by atoms with Gasteiger partial charge in [-0.1, -0.05) is 18.2 Å². The van der Waals surface area contributed by atoms with Crippen molar-refractivity contribution in [1.29, 1.82) is 0 Å². The molecule has 5 rings (SSSR count). The molecule has 1 saturated heterocycles. The molecule has 1 fully saturated rings. The molecule has 0 aliphatic carbocycles. The summed E-state index contributed by atoms with van der Waals surface area (Å²) in [6.45, 7) is 4.60. The van der Waals surface area contributed by atoms with Crippen molar-refractivity contribution >= 4 is 34.1 Å². The van der Waals surface area contributed by atoms with Gasteiger partial charge in [-0.05, 0) is 18.6 Å². The first kappa shape index (κ1) is 17.1. The van der Waals surface area contributed by atoms with E-state index in [2.05, 4.69) is 32.7 Å². The van der Waals surface area contributed by atoms with E-state index in [9.17, 15) is 4.79 Å². The number of rotatable bonds is 2. The monoisotopic (exact) mass is 376 g/mol. The van der Waals surface area contributed by atoms with E-state index in [0.29, 0.717) is 6.54 Å². The summed E-state index contributed by atoms with van der Waals surface area (Å²) < 4.78 is 2.03. The quantitative estimate of drug-likeness (QED) is 0.722. The number of para-hydroxylation sites is 1. The lowest BCUT2D eigenvalue weighted by molar-refractivity contribution is 0.257. The highest BCUT2D eigenvalue weighted by Gasteiger charge is 2.30. The first-order valence-electron chi connectivity index (χ1n) is 9.78. The Hall–Kier alpha value is -3.06. The molecule has 2 aliphatic heterocycles. The molecule has 3 aromatic rings. The van der Waals surface area contributed by atoms with E-state index in [1.807, 2.05) is 42.2 Å². The number of nitrogens with one attached hydrogen (secondary N) is 2. The van der Waals surface area contributed by atoms with Gasteiger partial charge in [0.1, 0.15) is 5.82 Å². The Bertz CT molecular complexity index is 1040. The SMILES string of the molecule is Cn1cc(NC(=O)N2CCc3c(N4CCNCC4)ccnc32)c2ccccc21. The third-order valence-corrected chi connectivity index (χ3v) is 5.69. The van der Waals surface area contributed by atoms with E-state index in [4.69, 9.17) is 0 Å². The number of amides is 2. The largest absolute Gasteiger partial charge is 0.369 e. The molecule has 0 unspecified atom stereocenters. The van der Waals surface area contributed by atoms with Crippen LogP contribution in [-0.4, -0.2) is 48.3 Å². The Balaban J connectivity index is 1.42. The van der Waals surface area contributed by atoms with Gasteiger partial charge >= 0.3 is 6.03 Å². The number of hydrogen-bond donors (Lipinski definition) is 2. The smallest absolute Gasteiger partial charge is 0.327 e. The predicted octanol–water partition coefficient (Wildman–Crippen LogP) is 2.58. The van der Waals surface area contributed by atoms with Crippen LogP contribution in [0.25, 0.3) is 10.9 Å². The average Bonchev–Trinajstić information content (AvgIpc) is 3.30. The van der Waals surface area contributed by atoms with E-state index in [-0.39, 0.29) is 6.03 Å². The van der Waals surface area contributed by atoms with Crippen LogP contribution < -0.4 is 20.4 Å². The van der Waals surface area contributed by atoms with Crippen LogP contribution in [0, 0.1) is 0 Å². The molecule has 1 aromatic carbocycles. The molecule has 2 aromatic heterocycles. The van der Waals surface area contributed by atoms with Gasteiger partial charge in [-0.3, -0.25) is 4.90 Å². The molecule has 7 nitrogen and oxygen atoms in total. The third kappa shape index (κ3) is 2.79. The van der Waals surface area contributed by atoms with Gasteiger partial charge in [0.05, 0.1) is 5.69 Å². The molecule has 7 heteroatoms. The highest BCUT2D eigenvalue weighted by molar-refractivity contribution is 6.08. The molecule has 0 bridgehead atoms. The van der Waals surface area contributed by atoms with E-state index in [0.717, 1.165) is 55.0 Å². The summed E-state index contributed by atoms with van der Waals surface area (Å²) in [7, 11) is 1.99. The number of aromatic nitrogens is 2. The molecule has 2 aliphatic rings. The molecule has 28 heavy (non-hydrogen) atoms. The molecular weight excluding hydrogens is 352 g/mol. The van der Waals surface area contributed by atoms with Crippen LogP contribution >= 0.6 is 0 Å². The van der Waals surface area contributed by atoms with Crippen LogP contribution in [0.5, 0.6) is 0 Å². The first-order valence-corrected chi connectivity index (χ1v) is 9.78. The zero-order valence-corrected chi connectivity index (χ0v) is 16.0. The van der Waals surface area contributed by atoms with Crippen LogP contribution in [0.2, 0.25) is 0 Å². The minimum Gasteiger partial charge on any atom is -0.369 e. The maximum atomic E-state index is 13.1. The summed E-state index contributed by atoms with van der Waals surface area (Å²) in [5, 5.41) is 7.52. The molecule has 0 spiro atoms. The molecule has 144 valence electrons.